The van der Waals surface area contributed by atoms with Crippen LogP contribution in [0.3, 0.4) is 0 Å². The second-order valence-corrected chi connectivity index (χ2v) is 7.82. The largest absolute Gasteiger partial charge is 0.376 e. The Morgan fingerprint density at radius 2 is 2.00 bits per heavy atom. The van der Waals surface area contributed by atoms with E-state index >= 15 is 0 Å². The van der Waals surface area contributed by atoms with Crippen LogP contribution in [0.1, 0.15) is 31.7 Å². The summed E-state index contributed by atoms with van der Waals surface area (Å²) in [6.45, 7) is 8.04. The second kappa shape index (κ2) is 11.9. The zero-order valence-corrected chi connectivity index (χ0v) is 19.0. The first kappa shape index (κ1) is 22.4. The van der Waals surface area contributed by atoms with Gasteiger partial charge in [0.25, 0.3) is 0 Å². The summed E-state index contributed by atoms with van der Waals surface area (Å²) in [4.78, 5) is 7.02. The Kier molecular flexibility index (Phi) is 9.86. The Bertz CT molecular complexity index is 565. The van der Waals surface area contributed by atoms with E-state index in [9.17, 15) is 0 Å². The van der Waals surface area contributed by atoms with Gasteiger partial charge in [0.15, 0.2) is 5.96 Å². The quantitative estimate of drug-likeness (QED) is 0.320. The lowest BCUT2D eigenvalue weighted by Gasteiger charge is -2.18. The molecule has 1 aromatic carbocycles. The number of rotatable bonds is 9. The van der Waals surface area contributed by atoms with Crippen molar-refractivity contribution in [2.45, 2.75) is 38.8 Å². The van der Waals surface area contributed by atoms with Gasteiger partial charge in [-0.15, -0.1) is 24.0 Å². The Hall–Kier alpha value is -0.860. The van der Waals surface area contributed by atoms with Crippen molar-refractivity contribution < 1.29 is 4.74 Å². The molecule has 1 saturated heterocycles. The second-order valence-electron chi connectivity index (χ2n) is 7.82. The first-order valence-electron chi connectivity index (χ1n) is 10.0. The maximum Gasteiger partial charge on any atom is 0.190 e. The first-order chi connectivity index (χ1) is 12.7. The van der Waals surface area contributed by atoms with E-state index in [-0.39, 0.29) is 24.0 Å². The molecular formula is C21H35IN4O. The van der Waals surface area contributed by atoms with Gasteiger partial charge < -0.3 is 20.3 Å². The van der Waals surface area contributed by atoms with Crippen molar-refractivity contribution in [3.8, 4) is 0 Å². The highest BCUT2D eigenvalue weighted by molar-refractivity contribution is 14.0. The minimum atomic E-state index is 0. The molecule has 2 fully saturated rings. The lowest BCUT2D eigenvalue weighted by atomic mass is 10.1. The molecule has 152 valence electrons. The highest BCUT2D eigenvalue weighted by atomic mass is 127. The topological polar surface area (TPSA) is 48.9 Å². The van der Waals surface area contributed by atoms with Crippen molar-refractivity contribution in [3.05, 3.63) is 35.9 Å². The molecule has 5 nitrogen and oxygen atoms in total. The number of hydrogen-bond acceptors (Lipinski definition) is 3. The van der Waals surface area contributed by atoms with E-state index < -0.39 is 0 Å². The van der Waals surface area contributed by atoms with Crippen LogP contribution in [0.25, 0.3) is 0 Å². The minimum Gasteiger partial charge on any atom is -0.376 e. The van der Waals surface area contributed by atoms with E-state index in [1.54, 1.807) is 0 Å². The normalized spacial score (nSPS) is 21.6. The van der Waals surface area contributed by atoms with Gasteiger partial charge in [-0.2, -0.15) is 0 Å². The average Bonchev–Trinajstić information content (AvgIpc) is 3.41. The standard InChI is InChI=1S/C21H34N4O.HI/c1-17(15-26-16-18-6-4-3-5-7-18)12-23-21(22-2)24-13-19-10-11-25(14-19)20-8-9-20;/h3-7,17,19-20H,8-16H2,1-2H3,(H2,22,23,24);1H. The van der Waals surface area contributed by atoms with Gasteiger partial charge in [-0.1, -0.05) is 37.3 Å². The van der Waals surface area contributed by atoms with Gasteiger partial charge in [0.2, 0.25) is 0 Å². The van der Waals surface area contributed by atoms with Crippen molar-refractivity contribution in [2.75, 3.05) is 39.8 Å². The van der Waals surface area contributed by atoms with Crippen LogP contribution in [0.5, 0.6) is 0 Å². The third kappa shape index (κ3) is 7.95. The Labute approximate surface area is 181 Å². The maximum atomic E-state index is 5.82. The van der Waals surface area contributed by atoms with Crippen LogP contribution >= 0.6 is 24.0 Å². The molecule has 0 spiro atoms. The van der Waals surface area contributed by atoms with Crippen molar-refractivity contribution in [2.24, 2.45) is 16.8 Å². The third-order valence-corrected chi connectivity index (χ3v) is 5.29. The highest BCUT2D eigenvalue weighted by Crippen LogP contribution is 2.31. The molecule has 1 saturated carbocycles. The molecule has 1 aliphatic heterocycles. The molecule has 2 atom stereocenters. The fourth-order valence-corrected chi connectivity index (χ4v) is 3.54. The van der Waals surface area contributed by atoms with E-state index in [2.05, 4.69) is 39.6 Å². The molecular weight excluding hydrogens is 451 g/mol. The van der Waals surface area contributed by atoms with Crippen molar-refractivity contribution in [1.29, 1.82) is 0 Å². The summed E-state index contributed by atoms with van der Waals surface area (Å²) in [6, 6.07) is 11.2. The van der Waals surface area contributed by atoms with Gasteiger partial charge in [-0.3, -0.25) is 4.99 Å². The van der Waals surface area contributed by atoms with Gasteiger partial charge in [0.1, 0.15) is 0 Å². The lowest BCUT2D eigenvalue weighted by Crippen LogP contribution is -2.42. The van der Waals surface area contributed by atoms with Crippen LogP contribution < -0.4 is 10.6 Å². The van der Waals surface area contributed by atoms with Gasteiger partial charge in [-0.25, -0.2) is 0 Å². The summed E-state index contributed by atoms with van der Waals surface area (Å²) >= 11 is 0. The molecule has 2 N–H and O–H groups in total. The number of nitrogens with one attached hydrogen (secondary N) is 2. The van der Waals surface area contributed by atoms with Crippen LogP contribution in [0.2, 0.25) is 0 Å². The number of likely N-dealkylation sites (tertiary alicyclic amines) is 1. The van der Waals surface area contributed by atoms with Crippen molar-refractivity contribution in [1.82, 2.24) is 15.5 Å². The Morgan fingerprint density at radius 3 is 2.70 bits per heavy atom. The molecule has 1 heterocycles. The number of halogens is 1. The number of nitrogens with zero attached hydrogens (tertiary/aromatic N) is 2. The van der Waals surface area contributed by atoms with E-state index in [1.807, 2.05) is 25.2 Å². The SMILES string of the molecule is CN=C(NCC(C)COCc1ccccc1)NCC1CCN(C2CC2)C1.I. The van der Waals surface area contributed by atoms with E-state index in [0.717, 1.165) is 37.6 Å². The molecule has 0 aromatic heterocycles. The highest BCUT2D eigenvalue weighted by Gasteiger charge is 2.34. The Balaban J connectivity index is 0.00000261. The number of ether oxygens (including phenoxy) is 1. The fourth-order valence-electron chi connectivity index (χ4n) is 3.54. The number of aliphatic imine (C=N–C) groups is 1. The van der Waals surface area contributed by atoms with E-state index in [4.69, 9.17) is 4.74 Å². The number of hydrogen-bond donors (Lipinski definition) is 2. The number of benzene rings is 1. The lowest BCUT2D eigenvalue weighted by molar-refractivity contribution is 0.0931. The summed E-state index contributed by atoms with van der Waals surface area (Å²) in [5.41, 5.74) is 1.22. The fraction of sp³-hybridized carbons (Fsp3) is 0.667. The number of guanidine groups is 1. The molecule has 0 radical (unpaired) electrons. The third-order valence-electron chi connectivity index (χ3n) is 5.29. The average molecular weight is 486 g/mol. The smallest absolute Gasteiger partial charge is 0.190 e. The molecule has 27 heavy (non-hydrogen) atoms. The zero-order valence-electron chi connectivity index (χ0n) is 16.7. The molecule has 3 rings (SSSR count). The molecule has 0 amide bonds. The summed E-state index contributed by atoms with van der Waals surface area (Å²) in [6.07, 6.45) is 4.13. The zero-order chi connectivity index (χ0) is 18.2. The van der Waals surface area contributed by atoms with Gasteiger partial charge in [0.05, 0.1) is 13.2 Å². The van der Waals surface area contributed by atoms with Gasteiger partial charge in [0, 0.05) is 32.7 Å². The molecule has 0 bridgehead atoms. The summed E-state index contributed by atoms with van der Waals surface area (Å²) in [5.74, 6) is 2.10. The molecule has 1 aromatic rings. The van der Waals surface area contributed by atoms with Crippen molar-refractivity contribution in [3.63, 3.8) is 0 Å². The summed E-state index contributed by atoms with van der Waals surface area (Å²) in [7, 11) is 1.84. The Morgan fingerprint density at radius 1 is 1.22 bits per heavy atom. The molecule has 1 aliphatic carbocycles. The van der Waals surface area contributed by atoms with Crippen LogP contribution in [0.4, 0.5) is 0 Å². The van der Waals surface area contributed by atoms with Crippen LogP contribution in [0.15, 0.2) is 35.3 Å². The monoisotopic (exact) mass is 486 g/mol. The van der Waals surface area contributed by atoms with Gasteiger partial charge >= 0.3 is 0 Å². The summed E-state index contributed by atoms with van der Waals surface area (Å²) < 4.78 is 5.82. The summed E-state index contributed by atoms with van der Waals surface area (Å²) in [5, 5.41) is 6.93. The maximum absolute atomic E-state index is 5.82. The molecule has 2 unspecified atom stereocenters. The molecule has 2 aliphatic rings. The van der Waals surface area contributed by atoms with Crippen LogP contribution in [-0.2, 0) is 11.3 Å². The molecule has 6 heteroatoms. The predicted molar refractivity (Wildman–Crippen MR) is 123 cm³/mol. The van der Waals surface area contributed by atoms with Gasteiger partial charge in [-0.05, 0) is 43.2 Å². The van der Waals surface area contributed by atoms with Crippen LogP contribution in [0, 0.1) is 11.8 Å². The minimum absolute atomic E-state index is 0. The van der Waals surface area contributed by atoms with Crippen molar-refractivity contribution >= 4 is 29.9 Å². The predicted octanol–water partition coefficient (Wildman–Crippen LogP) is 3.11. The van der Waals surface area contributed by atoms with E-state index in [0.29, 0.717) is 12.5 Å². The van der Waals surface area contributed by atoms with Crippen LogP contribution in [-0.4, -0.2) is 56.7 Å². The first-order valence-corrected chi connectivity index (χ1v) is 10.0. The van der Waals surface area contributed by atoms with E-state index in [1.165, 1.54) is 37.9 Å².